The summed E-state index contributed by atoms with van der Waals surface area (Å²) in [7, 11) is 0. The molecule has 0 aromatic carbocycles. The first-order valence-corrected chi connectivity index (χ1v) is 5.59. The highest BCUT2D eigenvalue weighted by atomic mass is 35.5. The van der Waals surface area contributed by atoms with Crippen LogP contribution in [0.2, 0.25) is 5.15 Å². The van der Waals surface area contributed by atoms with E-state index in [0.717, 1.165) is 25.7 Å². The number of rotatable bonds is 3. The topological polar surface area (TPSA) is 64.1 Å². The maximum atomic E-state index is 11.5. The molecule has 0 unspecified atom stereocenters. The van der Waals surface area contributed by atoms with Gasteiger partial charge in [0.1, 0.15) is 0 Å². The van der Waals surface area contributed by atoms with Crippen molar-refractivity contribution in [1.29, 1.82) is 0 Å². The molecule has 1 fully saturated rings. The lowest BCUT2D eigenvalue weighted by Crippen LogP contribution is -2.29. The van der Waals surface area contributed by atoms with Crippen LogP contribution in [0.25, 0.3) is 0 Å². The SMILES string of the molecule is O=C(NOC1CCCC1)c1ccc(Cl)nn1. The number of nitrogens with one attached hydrogen (secondary N) is 1. The molecule has 86 valence electrons. The van der Waals surface area contributed by atoms with Crippen LogP contribution >= 0.6 is 11.6 Å². The molecule has 1 aromatic heterocycles. The Morgan fingerprint density at radius 2 is 2.12 bits per heavy atom. The highest BCUT2D eigenvalue weighted by Gasteiger charge is 2.17. The van der Waals surface area contributed by atoms with Crippen LogP contribution in [0.4, 0.5) is 0 Å². The van der Waals surface area contributed by atoms with E-state index in [1.54, 1.807) is 0 Å². The van der Waals surface area contributed by atoms with Crippen molar-refractivity contribution >= 4 is 17.5 Å². The minimum Gasteiger partial charge on any atom is -0.270 e. The van der Waals surface area contributed by atoms with E-state index in [-0.39, 0.29) is 17.0 Å². The van der Waals surface area contributed by atoms with Gasteiger partial charge in [0, 0.05) is 0 Å². The van der Waals surface area contributed by atoms with Gasteiger partial charge < -0.3 is 0 Å². The van der Waals surface area contributed by atoms with Crippen LogP contribution < -0.4 is 5.48 Å². The third kappa shape index (κ3) is 2.90. The van der Waals surface area contributed by atoms with Crippen molar-refractivity contribution in [2.45, 2.75) is 31.8 Å². The zero-order valence-electron chi connectivity index (χ0n) is 8.65. The molecule has 1 saturated carbocycles. The summed E-state index contributed by atoms with van der Waals surface area (Å²) in [5, 5.41) is 7.49. The summed E-state index contributed by atoms with van der Waals surface area (Å²) < 4.78 is 0. The summed E-state index contributed by atoms with van der Waals surface area (Å²) in [5.41, 5.74) is 2.57. The number of hydroxylamine groups is 1. The Labute approximate surface area is 98.1 Å². The van der Waals surface area contributed by atoms with E-state index >= 15 is 0 Å². The van der Waals surface area contributed by atoms with E-state index in [2.05, 4.69) is 15.7 Å². The van der Waals surface area contributed by atoms with Crippen molar-refractivity contribution in [2.24, 2.45) is 0 Å². The molecule has 16 heavy (non-hydrogen) atoms. The van der Waals surface area contributed by atoms with E-state index in [4.69, 9.17) is 16.4 Å². The molecule has 1 amide bonds. The van der Waals surface area contributed by atoms with E-state index in [1.807, 2.05) is 0 Å². The smallest absolute Gasteiger partial charge is 0.270 e. The molecular weight excluding hydrogens is 230 g/mol. The quantitative estimate of drug-likeness (QED) is 0.819. The van der Waals surface area contributed by atoms with Gasteiger partial charge in [0.2, 0.25) is 0 Å². The second-order valence-corrected chi connectivity index (χ2v) is 4.08. The summed E-state index contributed by atoms with van der Waals surface area (Å²) in [6.45, 7) is 0. The first-order valence-electron chi connectivity index (χ1n) is 5.21. The Bertz CT molecular complexity index is 363. The number of hydrogen-bond acceptors (Lipinski definition) is 4. The van der Waals surface area contributed by atoms with Crippen molar-refractivity contribution in [3.63, 3.8) is 0 Å². The van der Waals surface area contributed by atoms with Crippen molar-refractivity contribution in [1.82, 2.24) is 15.7 Å². The number of carbonyl (C=O) groups excluding carboxylic acids is 1. The molecule has 0 atom stereocenters. The highest BCUT2D eigenvalue weighted by molar-refractivity contribution is 6.29. The van der Waals surface area contributed by atoms with Gasteiger partial charge in [0.25, 0.3) is 5.91 Å². The van der Waals surface area contributed by atoms with Crippen LogP contribution in [-0.2, 0) is 4.84 Å². The third-order valence-corrected chi connectivity index (χ3v) is 2.69. The molecule has 0 spiro atoms. The Balaban J connectivity index is 1.85. The van der Waals surface area contributed by atoms with Crippen LogP contribution in [0.5, 0.6) is 0 Å². The van der Waals surface area contributed by atoms with Gasteiger partial charge in [-0.2, -0.15) is 0 Å². The number of nitrogens with zero attached hydrogens (tertiary/aromatic N) is 2. The molecule has 1 aliphatic rings. The van der Waals surface area contributed by atoms with Crippen LogP contribution in [-0.4, -0.2) is 22.2 Å². The predicted octanol–water partition coefficient (Wildman–Crippen LogP) is 1.73. The minimum absolute atomic E-state index is 0.129. The first-order chi connectivity index (χ1) is 7.75. The standard InChI is InChI=1S/C10H12ClN3O2/c11-9-6-5-8(12-13-9)10(15)14-16-7-3-1-2-4-7/h5-7H,1-4H2,(H,14,15). The van der Waals surface area contributed by atoms with E-state index in [1.165, 1.54) is 12.1 Å². The second-order valence-electron chi connectivity index (χ2n) is 3.70. The number of aromatic nitrogens is 2. The maximum absolute atomic E-state index is 11.5. The lowest BCUT2D eigenvalue weighted by molar-refractivity contribution is -0.0128. The number of hydrogen-bond donors (Lipinski definition) is 1. The van der Waals surface area contributed by atoms with Gasteiger partial charge in [-0.15, -0.1) is 10.2 Å². The van der Waals surface area contributed by atoms with Gasteiger partial charge >= 0.3 is 0 Å². The van der Waals surface area contributed by atoms with Gasteiger partial charge in [0.15, 0.2) is 10.8 Å². The monoisotopic (exact) mass is 241 g/mol. The number of halogens is 1. The zero-order valence-corrected chi connectivity index (χ0v) is 9.41. The molecule has 1 N–H and O–H groups in total. The molecule has 1 aliphatic carbocycles. The summed E-state index contributed by atoms with van der Waals surface area (Å²) >= 11 is 5.56. The summed E-state index contributed by atoms with van der Waals surface area (Å²) in [4.78, 5) is 16.8. The fraction of sp³-hybridized carbons (Fsp3) is 0.500. The minimum atomic E-state index is -0.393. The van der Waals surface area contributed by atoms with E-state index < -0.39 is 5.91 Å². The fourth-order valence-electron chi connectivity index (χ4n) is 1.63. The Morgan fingerprint density at radius 1 is 1.38 bits per heavy atom. The Kier molecular flexibility index (Phi) is 3.69. The van der Waals surface area contributed by atoms with Crippen LogP contribution in [0, 0.1) is 0 Å². The van der Waals surface area contributed by atoms with Crippen molar-refractivity contribution in [3.05, 3.63) is 23.0 Å². The largest absolute Gasteiger partial charge is 0.295 e. The second kappa shape index (κ2) is 5.23. The van der Waals surface area contributed by atoms with Crippen LogP contribution in [0.1, 0.15) is 36.2 Å². The molecule has 0 bridgehead atoms. The van der Waals surface area contributed by atoms with Gasteiger partial charge in [-0.1, -0.05) is 24.4 Å². The first kappa shape index (κ1) is 11.3. The van der Waals surface area contributed by atoms with Gasteiger partial charge in [-0.25, -0.2) is 5.48 Å². The highest BCUT2D eigenvalue weighted by Crippen LogP contribution is 2.19. The molecule has 6 heteroatoms. The van der Waals surface area contributed by atoms with E-state index in [9.17, 15) is 4.79 Å². The lowest BCUT2D eigenvalue weighted by atomic mass is 10.3. The van der Waals surface area contributed by atoms with Gasteiger partial charge in [0.05, 0.1) is 6.10 Å². The number of carbonyl (C=O) groups is 1. The molecule has 0 aliphatic heterocycles. The Morgan fingerprint density at radius 3 is 2.75 bits per heavy atom. The van der Waals surface area contributed by atoms with Crippen molar-refractivity contribution < 1.29 is 9.63 Å². The molecular formula is C10H12ClN3O2. The van der Waals surface area contributed by atoms with Crippen LogP contribution in [0.15, 0.2) is 12.1 Å². The van der Waals surface area contributed by atoms with E-state index in [0.29, 0.717) is 0 Å². The molecule has 2 rings (SSSR count). The lowest BCUT2D eigenvalue weighted by Gasteiger charge is -2.10. The molecule has 1 heterocycles. The summed E-state index contributed by atoms with van der Waals surface area (Å²) in [6, 6.07) is 3.02. The molecule has 1 aromatic rings. The maximum Gasteiger partial charge on any atom is 0.295 e. The molecule has 0 radical (unpaired) electrons. The van der Waals surface area contributed by atoms with Gasteiger partial charge in [-0.3, -0.25) is 9.63 Å². The molecule has 5 nitrogen and oxygen atoms in total. The zero-order chi connectivity index (χ0) is 11.4. The van der Waals surface area contributed by atoms with Crippen LogP contribution in [0.3, 0.4) is 0 Å². The Hall–Kier alpha value is -1.20. The average molecular weight is 242 g/mol. The van der Waals surface area contributed by atoms with Crippen molar-refractivity contribution in [2.75, 3.05) is 0 Å². The average Bonchev–Trinajstić information content (AvgIpc) is 2.80. The summed E-state index contributed by atoms with van der Waals surface area (Å²) in [5.74, 6) is -0.393. The number of amides is 1. The summed E-state index contributed by atoms with van der Waals surface area (Å²) in [6.07, 6.45) is 4.42. The van der Waals surface area contributed by atoms with Crippen molar-refractivity contribution in [3.8, 4) is 0 Å². The predicted molar refractivity (Wildman–Crippen MR) is 57.8 cm³/mol. The molecule has 0 saturated heterocycles. The van der Waals surface area contributed by atoms with Gasteiger partial charge in [-0.05, 0) is 25.0 Å². The normalized spacial score (nSPS) is 16.3. The third-order valence-electron chi connectivity index (χ3n) is 2.49. The fourth-order valence-corrected chi connectivity index (χ4v) is 1.73.